The molecule has 7 nitrogen and oxygen atoms in total. The lowest BCUT2D eigenvalue weighted by atomic mass is 10.1. The molecule has 0 aliphatic heterocycles. The Labute approximate surface area is 190 Å². The monoisotopic (exact) mass is 449 g/mol. The predicted octanol–water partition coefficient (Wildman–Crippen LogP) is 3.79. The number of aromatic nitrogens is 4. The van der Waals surface area contributed by atoms with Gasteiger partial charge in [-0.3, -0.25) is 18.6 Å². The third-order valence-corrected chi connectivity index (χ3v) is 5.77. The number of nitrogens with one attached hydrogen (secondary N) is 1. The van der Waals surface area contributed by atoms with Gasteiger partial charge in [-0.2, -0.15) is 0 Å². The van der Waals surface area contributed by atoms with Gasteiger partial charge in [-0.1, -0.05) is 29.8 Å². The molecule has 32 heavy (non-hydrogen) atoms. The minimum atomic E-state index is -0.227. The van der Waals surface area contributed by atoms with Crippen LogP contribution in [0.3, 0.4) is 0 Å². The van der Waals surface area contributed by atoms with Crippen molar-refractivity contribution in [1.82, 2.24) is 24.5 Å². The van der Waals surface area contributed by atoms with Crippen LogP contribution in [-0.4, -0.2) is 25.1 Å². The smallest absolute Gasteiger partial charge is 0.300 e. The lowest BCUT2D eigenvalue weighted by Gasteiger charge is -2.09. The number of hydrogen-bond acceptors (Lipinski definition) is 4. The zero-order valence-electron chi connectivity index (χ0n) is 18.0. The molecule has 0 unspecified atom stereocenters. The first-order valence-corrected chi connectivity index (χ1v) is 10.8. The summed E-state index contributed by atoms with van der Waals surface area (Å²) in [5.74, 6) is 0.626. The molecule has 0 aliphatic carbocycles. The van der Waals surface area contributed by atoms with Crippen LogP contribution in [0, 0.1) is 13.8 Å². The van der Waals surface area contributed by atoms with Gasteiger partial charge in [0.25, 0.3) is 0 Å². The van der Waals surface area contributed by atoms with Gasteiger partial charge in [0.2, 0.25) is 11.6 Å². The van der Waals surface area contributed by atoms with E-state index in [9.17, 15) is 9.59 Å². The highest BCUT2D eigenvalue weighted by Gasteiger charge is 2.12. The van der Waals surface area contributed by atoms with Crippen molar-refractivity contribution in [2.75, 3.05) is 0 Å². The fraction of sp³-hybridized carbons (Fsp3) is 0.250. The normalized spacial score (nSPS) is 11.1. The number of hydrogen-bond donors (Lipinski definition) is 1. The second-order valence-electron chi connectivity index (χ2n) is 7.81. The van der Waals surface area contributed by atoms with Crippen molar-refractivity contribution in [3.63, 3.8) is 0 Å². The Morgan fingerprint density at radius 1 is 1.03 bits per heavy atom. The second-order valence-corrected chi connectivity index (χ2v) is 8.24. The Balaban J connectivity index is 1.39. The molecule has 164 valence electrons. The maximum atomic E-state index is 12.9. The van der Waals surface area contributed by atoms with E-state index in [2.05, 4.69) is 15.5 Å². The van der Waals surface area contributed by atoms with Gasteiger partial charge in [-0.25, -0.2) is 0 Å². The molecule has 8 heteroatoms. The molecule has 2 aromatic carbocycles. The lowest BCUT2D eigenvalue weighted by Crippen LogP contribution is -2.22. The van der Waals surface area contributed by atoms with E-state index in [1.807, 2.05) is 44.2 Å². The molecule has 1 amide bonds. The fourth-order valence-electron chi connectivity index (χ4n) is 3.48. The van der Waals surface area contributed by atoms with Crippen molar-refractivity contribution in [2.24, 2.45) is 0 Å². The van der Waals surface area contributed by atoms with Gasteiger partial charge in [-0.15, -0.1) is 10.2 Å². The van der Waals surface area contributed by atoms with Gasteiger partial charge in [0.1, 0.15) is 5.82 Å². The predicted molar refractivity (Wildman–Crippen MR) is 124 cm³/mol. The molecule has 0 aliphatic rings. The zero-order valence-corrected chi connectivity index (χ0v) is 18.8. The van der Waals surface area contributed by atoms with Crippen LogP contribution >= 0.6 is 11.6 Å². The minimum absolute atomic E-state index is 0.0362. The molecule has 2 aromatic heterocycles. The standard InChI is InChI=1S/C24H24ClN5O2/c1-16-6-11-20(14-17(16)2)29-12-13-30-21(27-28-23(30)24(29)32)4-3-5-22(31)26-15-18-7-9-19(25)10-8-18/h6-14H,3-5,15H2,1-2H3,(H,26,31). The van der Waals surface area contributed by atoms with Crippen LogP contribution in [0.5, 0.6) is 0 Å². The third-order valence-electron chi connectivity index (χ3n) is 5.52. The van der Waals surface area contributed by atoms with E-state index in [0.717, 1.165) is 16.8 Å². The number of benzene rings is 2. The van der Waals surface area contributed by atoms with E-state index in [0.29, 0.717) is 36.7 Å². The molecule has 1 N–H and O–H groups in total. The molecule has 0 spiro atoms. The summed E-state index contributed by atoms with van der Waals surface area (Å²) in [5.41, 5.74) is 4.12. The van der Waals surface area contributed by atoms with E-state index < -0.39 is 0 Å². The Kier molecular flexibility index (Phi) is 6.37. The van der Waals surface area contributed by atoms with Gasteiger partial charge >= 0.3 is 5.56 Å². The summed E-state index contributed by atoms with van der Waals surface area (Å²) in [7, 11) is 0. The Bertz CT molecular complexity index is 1320. The summed E-state index contributed by atoms with van der Waals surface area (Å²) in [6.07, 6.45) is 5.03. The fourth-order valence-corrected chi connectivity index (χ4v) is 3.61. The molecule has 0 saturated heterocycles. The molecule has 0 bridgehead atoms. The molecule has 0 radical (unpaired) electrons. The number of aryl methyl sites for hydroxylation is 3. The van der Waals surface area contributed by atoms with Crippen molar-refractivity contribution in [3.8, 4) is 5.69 Å². The van der Waals surface area contributed by atoms with E-state index in [4.69, 9.17) is 11.6 Å². The maximum absolute atomic E-state index is 12.9. The summed E-state index contributed by atoms with van der Waals surface area (Å²) in [4.78, 5) is 25.1. The van der Waals surface area contributed by atoms with Crippen LogP contribution in [0.1, 0.15) is 35.4 Å². The number of carbonyl (C=O) groups is 1. The van der Waals surface area contributed by atoms with Crippen molar-refractivity contribution in [2.45, 2.75) is 39.7 Å². The van der Waals surface area contributed by atoms with Crippen LogP contribution in [0.15, 0.2) is 59.7 Å². The maximum Gasteiger partial charge on any atom is 0.300 e. The summed E-state index contributed by atoms with van der Waals surface area (Å²) in [6.45, 7) is 4.51. The average Bonchev–Trinajstić information content (AvgIpc) is 3.19. The number of nitrogens with zero attached hydrogens (tertiary/aromatic N) is 4. The largest absolute Gasteiger partial charge is 0.352 e. The van der Waals surface area contributed by atoms with Crippen LogP contribution in [0.4, 0.5) is 0 Å². The summed E-state index contributed by atoms with van der Waals surface area (Å²) in [6, 6.07) is 13.3. The van der Waals surface area contributed by atoms with E-state index in [-0.39, 0.29) is 17.1 Å². The van der Waals surface area contributed by atoms with Crippen LogP contribution in [0.25, 0.3) is 11.3 Å². The number of rotatable bonds is 7. The lowest BCUT2D eigenvalue weighted by molar-refractivity contribution is -0.121. The summed E-state index contributed by atoms with van der Waals surface area (Å²) in [5, 5.41) is 11.8. The minimum Gasteiger partial charge on any atom is -0.352 e. The van der Waals surface area contributed by atoms with E-state index in [1.165, 1.54) is 5.56 Å². The van der Waals surface area contributed by atoms with E-state index in [1.54, 1.807) is 33.5 Å². The SMILES string of the molecule is Cc1ccc(-n2ccn3c(CCCC(=O)NCc4ccc(Cl)cc4)nnc3c2=O)cc1C. The number of amides is 1. The molecule has 2 heterocycles. The topological polar surface area (TPSA) is 81.3 Å². The van der Waals surface area contributed by atoms with Crippen LogP contribution < -0.4 is 10.9 Å². The Morgan fingerprint density at radius 2 is 1.81 bits per heavy atom. The Morgan fingerprint density at radius 3 is 2.56 bits per heavy atom. The molecule has 4 aromatic rings. The van der Waals surface area contributed by atoms with Gasteiger partial charge in [0.15, 0.2) is 0 Å². The molecule has 4 rings (SSSR count). The van der Waals surface area contributed by atoms with Gasteiger partial charge in [0.05, 0.1) is 0 Å². The van der Waals surface area contributed by atoms with Crippen LogP contribution in [-0.2, 0) is 17.8 Å². The highest BCUT2D eigenvalue weighted by atomic mass is 35.5. The Hall–Kier alpha value is -3.45. The summed E-state index contributed by atoms with van der Waals surface area (Å²) < 4.78 is 3.27. The third kappa shape index (κ3) is 4.73. The van der Waals surface area contributed by atoms with Crippen LogP contribution in [0.2, 0.25) is 5.02 Å². The van der Waals surface area contributed by atoms with Crippen molar-refractivity contribution in [1.29, 1.82) is 0 Å². The van der Waals surface area contributed by atoms with E-state index >= 15 is 0 Å². The summed E-state index contributed by atoms with van der Waals surface area (Å²) >= 11 is 5.87. The number of carbonyl (C=O) groups excluding carboxylic acids is 1. The van der Waals surface area contributed by atoms with Gasteiger partial charge in [0, 0.05) is 42.5 Å². The van der Waals surface area contributed by atoms with Crippen molar-refractivity contribution in [3.05, 3.63) is 92.7 Å². The first kappa shape index (κ1) is 21.8. The zero-order chi connectivity index (χ0) is 22.7. The first-order chi connectivity index (χ1) is 15.4. The number of fused-ring (bicyclic) bond motifs is 1. The highest BCUT2D eigenvalue weighted by Crippen LogP contribution is 2.14. The highest BCUT2D eigenvalue weighted by molar-refractivity contribution is 6.30. The molecule has 0 saturated carbocycles. The number of halogens is 1. The quantitative estimate of drug-likeness (QED) is 0.465. The molecular weight excluding hydrogens is 426 g/mol. The second kappa shape index (κ2) is 9.36. The van der Waals surface area contributed by atoms with Crippen molar-refractivity contribution >= 4 is 23.2 Å². The first-order valence-electron chi connectivity index (χ1n) is 10.5. The molecule has 0 fully saturated rings. The van der Waals surface area contributed by atoms with Crippen molar-refractivity contribution < 1.29 is 4.79 Å². The van der Waals surface area contributed by atoms with Gasteiger partial charge < -0.3 is 5.32 Å². The molecular formula is C24H24ClN5O2. The molecule has 0 atom stereocenters. The van der Waals surface area contributed by atoms with Gasteiger partial charge in [-0.05, 0) is 61.2 Å². The average molecular weight is 450 g/mol.